The number of ether oxygens (including phenoxy) is 1. The van der Waals surface area contributed by atoms with Gasteiger partial charge in [0, 0.05) is 17.4 Å². The Morgan fingerprint density at radius 3 is 2.46 bits per heavy atom. The van der Waals surface area contributed by atoms with Crippen molar-refractivity contribution in [3.63, 3.8) is 0 Å². The summed E-state index contributed by atoms with van der Waals surface area (Å²) in [6.07, 6.45) is 4.63. The number of rotatable bonds is 9. The molecule has 2 rings (SSSR count). The molecule has 1 aromatic heterocycles. The molecule has 26 heavy (non-hydrogen) atoms. The summed E-state index contributed by atoms with van der Waals surface area (Å²) in [6.45, 7) is 4.20. The molecule has 0 aliphatic carbocycles. The zero-order chi connectivity index (χ0) is 19.2. The second-order valence-electron chi connectivity index (χ2n) is 6.10. The molecule has 4 nitrogen and oxygen atoms in total. The van der Waals surface area contributed by atoms with Gasteiger partial charge in [-0.3, -0.25) is 0 Å². The number of pyridine rings is 1. The number of benzene rings is 1. The third-order valence-electron chi connectivity index (χ3n) is 4.16. The summed E-state index contributed by atoms with van der Waals surface area (Å²) < 4.78 is 30.3. The number of hydrogen-bond acceptors (Lipinski definition) is 4. The normalized spacial score (nSPS) is 12.7. The van der Waals surface area contributed by atoms with Crippen molar-refractivity contribution in [2.24, 2.45) is 0 Å². The van der Waals surface area contributed by atoms with Crippen molar-refractivity contribution < 1.29 is 18.6 Å². The van der Waals surface area contributed by atoms with Crippen LogP contribution in [-0.2, 0) is 6.61 Å². The zero-order valence-corrected chi connectivity index (χ0v) is 16.2. The molecule has 0 fully saturated rings. The van der Waals surface area contributed by atoms with Crippen LogP contribution in [0.25, 0.3) is 0 Å². The Balaban J connectivity index is 2.28. The Labute approximate surface area is 155 Å². The molecule has 0 saturated carbocycles. The molecule has 0 aliphatic rings. The molecule has 0 spiro atoms. The van der Waals surface area contributed by atoms with E-state index in [1.165, 1.54) is 21.4 Å². The minimum absolute atomic E-state index is 0.0528. The van der Waals surface area contributed by atoms with E-state index in [-0.39, 0.29) is 18.3 Å². The maximum atomic E-state index is 12.9. The Kier molecular flexibility index (Phi) is 7.30. The molecule has 0 radical (unpaired) electrons. The van der Waals surface area contributed by atoms with Crippen LogP contribution < -0.4 is 10.1 Å². The SMILES string of the molecule is CCCC(CC)c1c(CO)ccnc1Nc1ccc(OC(F)(F)P)cc1. The van der Waals surface area contributed by atoms with E-state index in [1.54, 1.807) is 18.3 Å². The summed E-state index contributed by atoms with van der Waals surface area (Å²) in [6, 6.07) is 8.09. The summed E-state index contributed by atoms with van der Waals surface area (Å²) in [5.41, 5.74) is 2.57. The van der Waals surface area contributed by atoms with E-state index in [0.29, 0.717) is 11.5 Å². The molecule has 0 saturated heterocycles. The predicted octanol–water partition coefficient (Wildman–Crippen LogP) is 5.42. The number of nitrogens with one attached hydrogen (secondary N) is 1. The molecule has 0 bridgehead atoms. The number of alkyl halides is 2. The van der Waals surface area contributed by atoms with Crippen LogP contribution in [0.5, 0.6) is 5.75 Å². The number of aliphatic hydroxyl groups is 1. The smallest absolute Gasteiger partial charge is 0.408 e. The maximum absolute atomic E-state index is 12.9. The van der Waals surface area contributed by atoms with Crippen LogP contribution in [0.4, 0.5) is 20.3 Å². The van der Waals surface area contributed by atoms with Gasteiger partial charge in [-0.15, -0.1) is 0 Å². The second-order valence-corrected chi connectivity index (χ2v) is 6.77. The lowest BCUT2D eigenvalue weighted by molar-refractivity contribution is -0.0892. The van der Waals surface area contributed by atoms with E-state index in [0.717, 1.165) is 30.4 Å². The van der Waals surface area contributed by atoms with Crippen LogP contribution >= 0.6 is 9.24 Å². The number of anilines is 2. The summed E-state index contributed by atoms with van der Waals surface area (Å²) >= 11 is 0. The lowest BCUT2D eigenvalue weighted by Crippen LogP contribution is -2.14. The topological polar surface area (TPSA) is 54.4 Å². The number of nitrogens with zero attached hydrogens (tertiary/aromatic N) is 1. The second kappa shape index (κ2) is 9.24. The molecule has 142 valence electrons. The molecular weight excluding hydrogens is 357 g/mol. The van der Waals surface area contributed by atoms with E-state index in [9.17, 15) is 13.9 Å². The first-order valence-electron chi connectivity index (χ1n) is 8.69. The summed E-state index contributed by atoms with van der Waals surface area (Å²) in [4.78, 5) is 4.44. The molecule has 2 N–H and O–H groups in total. The van der Waals surface area contributed by atoms with Crippen LogP contribution in [0.3, 0.4) is 0 Å². The standard InChI is InChI=1S/C19H25F2N2O2P/c1-3-5-13(4-2)17-14(12-24)10-11-22-18(17)23-15-6-8-16(9-7-15)25-19(20,21)26/h6-11,13,24H,3-5,12,26H2,1-2H3,(H,22,23). The van der Waals surface area contributed by atoms with E-state index in [2.05, 4.69) is 28.9 Å². The van der Waals surface area contributed by atoms with Gasteiger partial charge in [0.2, 0.25) is 0 Å². The van der Waals surface area contributed by atoms with Crippen molar-refractivity contribution in [2.75, 3.05) is 5.32 Å². The molecule has 2 aromatic rings. The molecule has 0 amide bonds. The van der Waals surface area contributed by atoms with E-state index < -0.39 is 5.85 Å². The molecule has 7 heteroatoms. The van der Waals surface area contributed by atoms with Gasteiger partial charge in [0.1, 0.15) is 11.6 Å². The van der Waals surface area contributed by atoms with Gasteiger partial charge in [-0.05, 0) is 63.9 Å². The van der Waals surface area contributed by atoms with Crippen molar-refractivity contribution in [3.05, 3.63) is 47.7 Å². The zero-order valence-electron chi connectivity index (χ0n) is 15.0. The fourth-order valence-electron chi connectivity index (χ4n) is 3.01. The highest BCUT2D eigenvalue weighted by atomic mass is 31.0. The fourth-order valence-corrected chi connectivity index (χ4v) is 3.14. The fraction of sp³-hybridized carbons (Fsp3) is 0.421. The summed E-state index contributed by atoms with van der Waals surface area (Å²) in [5, 5.41) is 13.0. The highest BCUT2D eigenvalue weighted by Gasteiger charge is 2.23. The average molecular weight is 382 g/mol. The van der Waals surface area contributed by atoms with Crippen LogP contribution in [0.15, 0.2) is 36.5 Å². The first-order chi connectivity index (χ1) is 12.4. The maximum Gasteiger partial charge on any atom is 0.408 e. The third kappa shape index (κ3) is 5.61. The number of aromatic nitrogens is 1. The Hall–Kier alpha value is -1.78. The Morgan fingerprint density at radius 1 is 1.23 bits per heavy atom. The first kappa shape index (κ1) is 20.5. The van der Waals surface area contributed by atoms with Gasteiger partial charge in [-0.25, -0.2) is 4.98 Å². The van der Waals surface area contributed by atoms with Gasteiger partial charge in [0.15, 0.2) is 0 Å². The van der Waals surface area contributed by atoms with Crippen LogP contribution in [-0.4, -0.2) is 15.9 Å². The first-order valence-corrected chi connectivity index (χ1v) is 9.27. The summed E-state index contributed by atoms with van der Waals surface area (Å²) in [5.74, 6) is -2.25. The highest BCUT2D eigenvalue weighted by Crippen LogP contribution is 2.34. The highest BCUT2D eigenvalue weighted by molar-refractivity contribution is 7.17. The van der Waals surface area contributed by atoms with Crippen molar-refractivity contribution in [1.82, 2.24) is 4.98 Å². The van der Waals surface area contributed by atoms with Crippen LogP contribution in [0.1, 0.15) is 50.2 Å². The van der Waals surface area contributed by atoms with E-state index in [1.807, 2.05) is 6.07 Å². The van der Waals surface area contributed by atoms with Gasteiger partial charge in [-0.2, -0.15) is 8.78 Å². The van der Waals surface area contributed by atoms with Crippen LogP contribution in [0, 0.1) is 0 Å². The lowest BCUT2D eigenvalue weighted by Gasteiger charge is -2.22. The van der Waals surface area contributed by atoms with Gasteiger partial charge >= 0.3 is 5.85 Å². The monoisotopic (exact) mass is 382 g/mol. The van der Waals surface area contributed by atoms with E-state index >= 15 is 0 Å². The Morgan fingerprint density at radius 2 is 1.92 bits per heavy atom. The number of aliphatic hydroxyl groups excluding tert-OH is 1. The van der Waals surface area contributed by atoms with Gasteiger partial charge in [0.25, 0.3) is 0 Å². The van der Waals surface area contributed by atoms with Gasteiger partial charge < -0.3 is 15.2 Å². The number of halogens is 2. The molecule has 1 aromatic carbocycles. The van der Waals surface area contributed by atoms with Gasteiger partial charge in [-0.1, -0.05) is 20.3 Å². The van der Waals surface area contributed by atoms with Crippen LogP contribution in [0.2, 0.25) is 0 Å². The minimum atomic E-state index is -3.30. The lowest BCUT2D eigenvalue weighted by atomic mass is 9.89. The number of hydrogen-bond donors (Lipinski definition) is 2. The molecule has 0 aliphatic heterocycles. The van der Waals surface area contributed by atoms with E-state index in [4.69, 9.17) is 0 Å². The van der Waals surface area contributed by atoms with Gasteiger partial charge in [0.05, 0.1) is 6.61 Å². The summed E-state index contributed by atoms with van der Waals surface area (Å²) in [7, 11) is 1.34. The molecular formula is C19H25F2N2O2P. The van der Waals surface area contributed by atoms with Crippen molar-refractivity contribution >= 4 is 20.7 Å². The third-order valence-corrected chi connectivity index (χ3v) is 4.28. The van der Waals surface area contributed by atoms with Crippen molar-refractivity contribution in [2.45, 2.75) is 51.5 Å². The Bertz CT molecular complexity index is 706. The largest absolute Gasteiger partial charge is 0.430 e. The van der Waals surface area contributed by atoms with Crippen molar-refractivity contribution in [1.29, 1.82) is 0 Å². The average Bonchev–Trinajstić information content (AvgIpc) is 2.60. The van der Waals surface area contributed by atoms with Crippen molar-refractivity contribution in [3.8, 4) is 5.75 Å². The quantitative estimate of drug-likeness (QED) is 0.569. The minimum Gasteiger partial charge on any atom is -0.430 e. The molecule has 2 unspecified atom stereocenters. The predicted molar refractivity (Wildman–Crippen MR) is 103 cm³/mol. The molecule has 1 heterocycles. The molecule has 2 atom stereocenters.